The second-order valence-electron chi connectivity index (χ2n) is 6.47. The number of benzene rings is 2. The molecule has 2 aromatic heterocycles. The second kappa shape index (κ2) is 6.73. The molecule has 2 heterocycles. The van der Waals surface area contributed by atoms with Gasteiger partial charge < -0.3 is 5.11 Å². The highest BCUT2D eigenvalue weighted by molar-refractivity contribution is 5.89. The van der Waals surface area contributed by atoms with E-state index in [9.17, 15) is 18.0 Å². The lowest BCUT2D eigenvalue weighted by molar-refractivity contribution is -0.136. The lowest BCUT2D eigenvalue weighted by atomic mass is 10.1. The van der Waals surface area contributed by atoms with Crippen molar-refractivity contribution in [3.63, 3.8) is 0 Å². The van der Waals surface area contributed by atoms with Crippen molar-refractivity contribution in [1.82, 2.24) is 14.8 Å². The summed E-state index contributed by atoms with van der Waals surface area (Å²) in [4.78, 5) is 15.5. The fraction of sp³-hybridized carbons (Fsp3) is 0.0952. The molecular formula is C21H14F3N3O2. The van der Waals surface area contributed by atoms with Crippen LogP contribution in [0.5, 0.6) is 0 Å². The van der Waals surface area contributed by atoms with Crippen molar-refractivity contribution < 1.29 is 23.1 Å². The predicted octanol–water partition coefficient (Wildman–Crippen LogP) is 5.11. The van der Waals surface area contributed by atoms with Gasteiger partial charge in [-0.05, 0) is 37.3 Å². The van der Waals surface area contributed by atoms with Gasteiger partial charge in [-0.15, -0.1) is 0 Å². The van der Waals surface area contributed by atoms with Crippen molar-refractivity contribution in [3.8, 4) is 16.9 Å². The van der Waals surface area contributed by atoms with E-state index in [1.807, 2.05) is 0 Å². The number of hydrogen-bond acceptors (Lipinski definition) is 3. The Labute approximate surface area is 163 Å². The number of aryl methyl sites for hydroxylation is 1. The van der Waals surface area contributed by atoms with Crippen molar-refractivity contribution in [2.75, 3.05) is 0 Å². The SMILES string of the molecule is Cc1nn(-c2ccc(C(=O)O)cc2)c2nc(-c3ccccc3)cc(C(F)(F)F)c12. The number of pyridine rings is 1. The fourth-order valence-corrected chi connectivity index (χ4v) is 3.19. The first kappa shape index (κ1) is 18.7. The molecule has 8 heteroatoms. The van der Waals surface area contributed by atoms with Crippen molar-refractivity contribution in [1.29, 1.82) is 0 Å². The first-order valence-corrected chi connectivity index (χ1v) is 8.62. The summed E-state index contributed by atoms with van der Waals surface area (Å²) in [6.45, 7) is 1.49. The van der Waals surface area contributed by atoms with Crippen LogP contribution in [0.15, 0.2) is 60.7 Å². The van der Waals surface area contributed by atoms with E-state index in [0.29, 0.717) is 11.3 Å². The number of carboxylic acid groups (broad SMARTS) is 1. The van der Waals surface area contributed by atoms with Gasteiger partial charge in [-0.25, -0.2) is 14.5 Å². The highest BCUT2D eigenvalue weighted by Gasteiger charge is 2.35. The van der Waals surface area contributed by atoms with Crippen LogP contribution in [0, 0.1) is 6.92 Å². The third kappa shape index (κ3) is 3.33. The molecule has 4 rings (SSSR count). The van der Waals surface area contributed by atoms with Crippen LogP contribution >= 0.6 is 0 Å². The molecule has 0 aliphatic carbocycles. The topological polar surface area (TPSA) is 68.0 Å². The minimum atomic E-state index is -4.59. The van der Waals surface area contributed by atoms with Gasteiger partial charge in [0.1, 0.15) is 0 Å². The van der Waals surface area contributed by atoms with Crippen molar-refractivity contribution in [3.05, 3.63) is 77.5 Å². The maximum absolute atomic E-state index is 13.8. The van der Waals surface area contributed by atoms with Crippen molar-refractivity contribution >= 4 is 17.0 Å². The monoisotopic (exact) mass is 397 g/mol. The summed E-state index contributed by atoms with van der Waals surface area (Å²) in [5, 5.41) is 13.2. The summed E-state index contributed by atoms with van der Waals surface area (Å²) >= 11 is 0. The minimum Gasteiger partial charge on any atom is -0.478 e. The molecule has 0 bridgehead atoms. The summed E-state index contributed by atoms with van der Waals surface area (Å²) < 4.78 is 42.8. The molecule has 0 aliphatic heterocycles. The molecule has 0 saturated heterocycles. The molecule has 2 aromatic carbocycles. The molecule has 0 radical (unpaired) electrons. The van der Waals surface area contributed by atoms with E-state index in [4.69, 9.17) is 5.11 Å². The summed E-state index contributed by atoms with van der Waals surface area (Å²) in [5.41, 5.74) is 0.628. The number of nitrogens with zero attached hydrogens (tertiary/aromatic N) is 3. The molecule has 29 heavy (non-hydrogen) atoms. The molecule has 0 spiro atoms. The number of aromatic carboxylic acids is 1. The predicted molar refractivity (Wildman–Crippen MR) is 101 cm³/mol. The maximum atomic E-state index is 13.8. The molecule has 0 aliphatic rings. The van der Waals surface area contributed by atoms with Gasteiger partial charge in [0.25, 0.3) is 0 Å². The molecule has 0 fully saturated rings. The number of rotatable bonds is 3. The van der Waals surface area contributed by atoms with Gasteiger partial charge in [0.15, 0.2) is 5.65 Å². The number of halogens is 3. The Bertz CT molecular complexity index is 1210. The lowest BCUT2D eigenvalue weighted by Gasteiger charge is -2.12. The first-order valence-electron chi connectivity index (χ1n) is 8.62. The molecular weight excluding hydrogens is 383 g/mol. The van der Waals surface area contributed by atoms with Gasteiger partial charge in [-0.2, -0.15) is 18.3 Å². The van der Waals surface area contributed by atoms with Gasteiger partial charge in [0, 0.05) is 5.56 Å². The molecule has 0 unspecified atom stereocenters. The van der Waals surface area contributed by atoms with Gasteiger partial charge >= 0.3 is 12.1 Å². The van der Waals surface area contributed by atoms with Crippen LogP contribution in [0.3, 0.4) is 0 Å². The molecule has 5 nitrogen and oxygen atoms in total. The zero-order valence-corrected chi connectivity index (χ0v) is 15.1. The number of carbonyl (C=O) groups is 1. The lowest BCUT2D eigenvalue weighted by Crippen LogP contribution is -2.08. The Morgan fingerprint density at radius 1 is 1.03 bits per heavy atom. The van der Waals surface area contributed by atoms with Gasteiger partial charge in [0.05, 0.1) is 33.6 Å². The third-order valence-electron chi connectivity index (χ3n) is 4.55. The second-order valence-corrected chi connectivity index (χ2v) is 6.47. The summed E-state index contributed by atoms with van der Waals surface area (Å²) in [5.74, 6) is -1.10. The average Bonchev–Trinajstić information content (AvgIpc) is 3.04. The van der Waals surface area contributed by atoms with E-state index in [2.05, 4.69) is 10.1 Å². The molecule has 0 saturated carbocycles. The quantitative estimate of drug-likeness (QED) is 0.521. The van der Waals surface area contributed by atoms with Crippen LogP contribution in [0.25, 0.3) is 28.0 Å². The van der Waals surface area contributed by atoms with Gasteiger partial charge in [-0.3, -0.25) is 0 Å². The molecule has 0 amide bonds. The molecule has 4 aromatic rings. The summed E-state index contributed by atoms with van der Waals surface area (Å²) in [6, 6.07) is 15.3. The first-order chi connectivity index (χ1) is 13.8. The number of aromatic nitrogens is 3. The van der Waals surface area contributed by atoms with Crippen LogP contribution in [-0.2, 0) is 6.18 Å². The van der Waals surface area contributed by atoms with Crippen molar-refractivity contribution in [2.45, 2.75) is 13.1 Å². The van der Waals surface area contributed by atoms with E-state index >= 15 is 0 Å². The normalized spacial score (nSPS) is 11.7. The molecule has 1 N–H and O–H groups in total. The Balaban J connectivity index is 2.01. The number of carboxylic acids is 1. The number of hydrogen-bond donors (Lipinski definition) is 1. The third-order valence-corrected chi connectivity index (χ3v) is 4.55. The van der Waals surface area contributed by atoms with E-state index in [0.717, 1.165) is 6.07 Å². The van der Waals surface area contributed by atoms with Crippen molar-refractivity contribution in [2.24, 2.45) is 0 Å². The Morgan fingerprint density at radius 3 is 2.28 bits per heavy atom. The standard InChI is InChI=1S/C21H14F3N3O2/c1-12-18-16(21(22,23)24)11-17(13-5-3-2-4-6-13)25-19(18)27(26-12)15-9-7-14(8-10-15)20(28)29/h2-11H,1H3,(H,28,29). The van der Waals surface area contributed by atoms with E-state index < -0.39 is 17.7 Å². The highest BCUT2D eigenvalue weighted by Crippen LogP contribution is 2.38. The Kier molecular flexibility index (Phi) is 4.34. The summed E-state index contributed by atoms with van der Waals surface area (Å²) in [7, 11) is 0. The van der Waals surface area contributed by atoms with Crippen LogP contribution < -0.4 is 0 Å². The van der Waals surface area contributed by atoms with E-state index in [1.165, 1.54) is 35.9 Å². The highest BCUT2D eigenvalue weighted by atomic mass is 19.4. The van der Waals surface area contributed by atoms with Gasteiger partial charge in [0.2, 0.25) is 0 Å². The fourth-order valence-electron chi connectivity index (χ4n) is 3.19. The smallest absolute Gasteiger partial charge is 0.417 e. The average molecular weight is 397 g/mol. The number of alkyl halides is 3. The van der Waals surface area contributed by atoms with Gasteiger partial charge in [-0.1, -0.05) is 30.3 Å². The summed E-state index contributed by atoms with van der Waals surface area (Å²) in [6.07, 6.45) is -4.59. The van der Waals surface area contributed by atoms with Crippen LogP contribution in [0.1, 0.15) is 21.6 Å². The molecule has 146 valence electrons. The van der Waals surface area contributed by atoms with Crippen LogP contribution in [-0.4, -0.2) is 25.8 Å². The van der Waals surface area contributed by atoms with Crippen LogP contribution in [0.2, 0.25) is 0 Å². The largest absolute Gasteiger partial charge is 0.478 e. The Morgan fingerprint density at radius 2 is 1.69 bits per heavy atom. The van der Waals surface area contributed by atoms with E-state index in [1.54, 1.807) is 30.3 Å². The van der Waals surface area contributed by atoms with E-state index in [-0.39, 0.29) is 28.0 Å². The van der Waals surface area contributed by atoms with Crippen LogP contribution in [0.4, 0.5) is 13.2 Å². The number of fused-ring (bicyclic) bond motifs is 1. The minimum absolute atomic E-state index is 0.0549. The maximum Gasteiger partial charge on any atom is 0.417 e. The zero-order chi connectivity index (χ0) is 20.8. The zero-order valence-electron chi connectivity index (χ0n) is 15.1. The Hall–Kier alpha value is -3.68. The molecule has 0 atom stereocenters.